The highest BCUT2D eigenvalue weighted by Crippen LogP contribution is 2.31. The summed E-state index contributed by atoms with van der Waals surface area (Å²) in [5, 5.41) is 9.32. The van der Waals surface area contributed by atoms with Gasteiger partial charge in [0.1, 0.15) is 12.4 Å². The van der Waals surface area contributed by atoms with Crippen molar-refractivity contribution in [2.75, 3.05) is 13.1 Å². The van der Waals surface area contributed by atoms with E-state index in [2.05, 4.69) is 9.88 Å². The van der Waals surface area contributed by atoms with E-state index in [0.717, 1.165) is 23.4 Å². The molecule has 0 saturated carbocycles. The summed E-state index contributed by atoms with van der Waals surface area (Å²) in [4.78, 5) is 17.7. The van der Waals surface area contributed by atoms with Crippen molar-refractivity contribution in [3.05, 3.63) is 59.9 Å². The van der Waals surface area contributed by atoms with Gasteiger partial charge in [-0.3, -0.25) is 14.7 Å². The van der Waals surface area contributed by atoms with Crippen LogP contribution in [0.2, 0.25) is 0 Å². The number of likely N-dealkylation sites (tertiary alicyclic amines) is 1. The van der Waals surface area contributed by atoms with E-state index in [4.69, 9.17) is 4.74 Å². The molecule has 1 atom stereocenters. The number of rotatable bonds is 6. The van der Waals surface area contributed by atoms with Crippen molar-refractivity contribution < 1.29 is 14.6 Å². The van der Waals surface area contributed by atoms with Gasteiger partial charge in [-0.25, -0.2) is 0 Å². The molecule has 1 saturated heterocycles. The molecule has 2 aromatic rings. The molecule has 0 amide bonds. The maximum atomic E-state index is 11.3. The van der Waals surface area contributed by atoms with Crippen LogP contribution >= 0.6 is 0 Å². The predicted octanol–water partition coefficient (Wildman–Crippen LogP) is 2.96. The molecule has 1 aliphatic rings. The molecule has 1 fully saturated rings. The molecule has 1 N–H and O–H groups in total. The van der Waals surface area contributed by atoms with E-state index in [1.165, 1.54) is 0 Å². The van der Waals surface area contributed by atoms with Gasteiger partial charge in [0, 0.05) is 19.3 Å². The minimum Gasteiger partial charge on any atom is -0.487 e. The van der Waals surface area contributed by atoms with Gasteiger partial charge >= 0.3 is 5.97 Å². The van der Waals surface area contributed by atoms with E-state index in [9.17, 15) is 9.90 Å². The predicted molar refractivity (Wildman–Crippen MR) is 90.6 cm³/mol. The molecule has 1 unspecified atom stereocenters. The van der Waals surface area contributed by atoms with Crippen LogP contribution in [0.4, 0.5) is 0 Å². The molecule has 1 aliphatic heterocycles. The lowest BCUT2D eigenvalue weighted by molar-refractivity contribution is -0.147. The lowest BCUT2D eigenvalue weighted by Crippen LogP contribution is -2.31. The van der Waals surface area contributed by atoms with Crippen molar-refractivity contribution in [3.63, 3.8) is 0 Å². The number of carboxylic acid groups (broad SMARTS) is 1. The summed E-state index contributed by atoms with van der Waals surface area (Å²) < 4.78 is 5.80. The minimum atomic E-state index is -0.719. The minimum absolute atomic E-state index is 0.507. The van der Waals surface area contributed by atoms with Crippen molar-refractivity contribution in [3.8, 4) is 5.75 Å². The highest BCUT2D eigenvalue weighted by Gasteiger charge is 2.40. The van der Waals surface area contributed by atoms with Gasteiger partial charge in [-0.2, -0.15) is 0 Å². The van der Waals surface area contributed by atoms with Crippen LogP contribution in [-0.2, 0) is 17.9 Å². The fraction of sp³-hybridized carbons (Fsp3) is 0.368. The van der Waals surface area contributed by atoms with Crippen molar-refractivity contribution in [1.82, 2.24) is 9.88 Å². The number of aliphatic carboxylic acids is 1. The van der Waals surface area contributed by atoms with Crippen LogP contribution in [-0.4, -0.2) is 34.0 Å². The Kier molecular flexibility index (Phi) is 4.81. The Balaban J connectivity index is 1.59. The molecule has 5 heteroatoms. The van der Waals surface area contributed by atoms with E-state index < -0.39 is 11.4 Å². The molecular weight excluding hydrogens is 304 g/mol. The quantitative estimate of drug-likeness (QED) is 0.884. The number of nitrogens with zero attached hydrogens (tertiary/aromatic N) is 2. The van der Waals surface area contributed by atoms with E-state index in [0.29, 0.717) is 26.1 Å². The van der Waals surface area contributed by atoms with Crippen molar-refractivity contribution in [2.24, 2.45) is 5.41 Å². The maximum absolute atomic E-state index is 11.3. The molecule has 0 bridgehead atoms. The van der Waals surface area contributed by atoms with Gasteiger partial charge in [0.2, 0.25) is 0 Å². The Morgan fingerprint density at radius 3 is 2.79 bits per heavy atom. The highest BCUT2D eigenvalue weighted by atomic mass is 16.5. The molecule has 0 spiro atoms. The summed E-state index contributed by atoms with van der Waals surface area (Å²) in [6, 6.07) is 12.0. The van der Waals surface area contributed by atoms with Crippen LogP contribution in [0.3, 0.4) is 0 Å². The smallest absolute Gasteiger partial charge is 0.310 e. The second kappa shape index (κ2) is 7.01. The Morgan fingerprint density at radius 2 is 2.08 bits per heavy atom. The SMILES string of the molecule is CC1(C(=O)O)CCN(Cc2cncc(OCc3ccccc3)c2)C1. The number of ether oxygens (including phenoxy) is 1. The van der Waals surface area contributed by atoms with Crippen LogP contribution in [0.1, 0.15) is 24.5 Å². The molecule has 0 aliphatic carbocycles. The Hall–Kier alpha value is -2.40. The Bertz CT molecular complexity index is 705. The third kappa shape index (κ3) is 3.92. The summed E-state index contributed by atoms with van der Waals surface area (Å²) in [6.45, 7) is 4.37. The van der Waals surface area contributed by atoms with Gasteiger partial charge in [0.15, 0.2) is 0 Å². The molecular formula is C19H22N2O3. The second-order valence-corrected chi connectivity index (χ2v) is 6.63. The number of pyridine rings is 1. The van der Waals surface area contributed by atoms with Gasteiger partial charge in [-0.05, 0) is 37.1 Å². The topological polar surface area (TPSA) is 62.7 Å². The third-order valence-corrected chi connectivity index (χ3v) is 4.49. The first-order chi connectivity index (χ1) is 11.5. The summed E-state index contributed by atoms with van der Waals surface area (Å²) in [6.07, 6.45) is 4.20. The fourth-order valence-corrected chi connectivity index (χ4v) is 2.99. The zero-order valence-electron chi connectivity index (χ0n) is 13.8. The first-order valence-electron chi connectivity index (χ1n) is 8.12. The normalized spacial score (nSPS) is 20.9. The Morgan fingerprint density at radius 1 is 1.29 bits per heavy atom. The average molecular weight is 326 g/mol. The molecule has 3 rings (SSSR count). The Labute approximate surface area is 141 Å². The van der Waals surface area contributed by atoms with Crippen LogP contribution in [0.25, 0.3) is 0 Å². The fourth-order valence-electron chi connectivity index (χ4n) is 2.99. The molecule has 2 heterocycles. The average Bonchev–Trinajstić information content (AvgIpc) is 2.97. The van der Waals surface area contributed by atoms with Crippen molar-refractivity contribution in [2.45, 2.75) is 26.5 Å². The van der Waals surface area contributed by atoms with E-state index >= 15 is 0 Å². The van der Waals surface area contributed by atoms with E-state index in [-0.39, 0.29) is 0 Å². The standard InChI is InChI=1S/C19H22N2O3/c1-19(18(22)23)7-8-21(14-19)12-16-9-17(11-20-10-16)24-13-15-5-3-2-4-6-15/h2-6,9-11H,7-8,12-14H2,1H3,(H,22,23). The van der Waals surface area contributed by atoms with Gasteiger partial charge < -0.3 is 9.84 Å². The number of hydrogen-bond acceptors (Lipinski definition) is 4. The molecule has 24 heavy (non-hydrogen) atoms. The van der Waals surface area contributed by atoms with Crippen molar-refractivity contribution in [1.29, 1.82) is 0 Å². The third-order valence-electron chi connectivity index (χ3n) is 4.49. The highest BCUT2D eigenvalue weighted by molar-refractivity contribution is 5.74. The second-order valence-electron chi connectivity index (χ2n) is 6.63. The van der Waals surface area contributed by atoms with Crippen LogP contribution < -0.4 is 4.74 Å². The van der Waals surface area contributed by atoms with Crippen molar-refractivity contribution >= 4 is 5.97 Å². The molecule has 1 aromatic carbocycles. The first kappa shape index (κ1) is 16.5. The molecule has 126 valence electrons. The molecule has 5 nitrogen and oxygen atoms in total. The number of carboxylic acids is 1. The summed E-state index contributed by atoms with van der Waals surface area (Å²) in [5.41, 5.74) is 1.50. The van der Waals surface area contributed by atoms with E-state index in [1.54, 1.807) is 6.20 Å². The van der Waals surface area contributed by atoms with Crippen LogP contribution in [0.15, 0.2) is 48.8 Å². The van der Waals surface area contributed by atoms with Crippen LogP contribution in [0.5, 0.6) is 5.75 Å². The lowest BCUT2D eigenvalue weighted by Gasteiger charge is -2.20. The number of benzene rings is 1. The monoisotopic (exact) mass is 326 g/mol. The van der Waals surface area contributed by atoms with Gasteiger partial charge in [0.25, 0.3) is 0 Å². The largest absolute Gasteiger partial charge is 0.487 e. The number of carbonyl (C=O) groups is 1. The molecule has 0 radical (unpaired) electrons. The van der Waals surface area contributed by atoms with Gasteiger partial charge in [-0.15, -0.1) is 0 Å². The zero-order valence-corrected chi connectivity index (χ0v) is 13.8. The molecule has 1 aromatic heterocycles. The zero-order chi connectivity index (χ0) is 17.0. The van der Waals surface area contributed by atoms with Crippen LogP contribution in [0, 0.1) is 5.41 Å². The maximum Gasteiger partial charge on any atom is 0.310 e. The summed E-state index contributed by atoms with van der Waals surface area (Å²) in [7, 11) is 0. The summed E-state index contributed by atoms with van der Waals surface area (Å²) >= 11 is 0. The van der Waals surface area contributed by atoms with Gasteiger partial charge in [-0.1, -0.05) is 30.3 Å². The number of aromatic nitrogens is 1. The lowest BCUT2D eigenvalue weighted by atomic mass is 9.90. The number of hydrogen-bond donors (Lipinski definition) is 1. The van der Waals surface area contributed by atoms with E-state index in [1.807, 2.05) is 49.5 Å². The van der Waals surface area contributed by atoms with Gasteiger partial charge in [0.05, 0.1) is 11.6 Å². The first-order valence-corrected chi connectivity index (χ1v) is 8.12. The summed E-state index contributed by atoms with van der Waals surface area (Å²) in [5.74, 6) is 0.0135.